The number of anilines is 1. The molecule has 1 unspecified atom stereocenters. The van der Waals surface area contributed by atoms with E-state index in [1.54, 1.807) is 6.20 Å². The van der Waals surface area contributed by atoms with Crippen molar-refractivity contribution in [2.45, 2.75) is 44.1 Å². The Kier molecular flexibility index (Phi) is 5.26. The lowest BCUT2D eigenvalue weighted by molar-refractivity contribution is 0.0925. The molecule has 0 saturated heterocycles. The van der Waals surface area contributed by atoms with Crippen LogP contribution in [0.15, 0.2) is 48.7 Å². The van der Waals surface area contributed by atoms with E-state index < -0.39 is 0 Å². The summed E-state index contributed by atoms with van der Waals surface area (Å²) in [5, 5.41) is 4.29. The van der Waals surface area contributed by atoms with E-state index in [1.165, 1.54) is 31.2 Å². The Morgan fingerprint density at radius 1 is 1.03 bits per heavy atom. The number of para-hydroxylation sites is 2. The van der Waals surface area contributed by atoms with Crippen LogP contribution in [0.5, 0.6) is 5.75 Å². The Bertz CT molecular complexity index is 1120. The van der Waals surface area contributed by atoms with Crippen LogP contribution in [-0.2, 0) is 0 Å². The Balaban J connectivity index is 1.53. The lowest BCUT2D eigenvalue weighted by Gasteiger charge is -2.27. The van der Waals surface area contributed by atoms with Crippen molar-refractivity contribution in [1.82, 2.24) is 10.3 Å². The molecule has 3 aromatic rings. The third kappa shape index (κ3) is 3.62. The summed E-state index contributed by atoms with van der Waals surface area (Å²) < 4.78 is 5.75. The summed E-state index contributed by atoms with van der Waals surface area (Å²) in [6, 6.07) is 14.3. The molecular formula is C26H29N3O2. The third-order valence-corrected chi connectivity index (χ3v) is 6.65. The van der Waals surface area contributed by atoms with Crippen LogP contribution < -0.4 is 15.0 Å². The molecule has 5 heteroatoms. The van der Waals surface area contributed by atoms with Gasteiger partial charge in [-0.3, -0.25) is 9.78 Å². The van der Waals surface area contributed by atoms with E-state index in [-0.39, 0.29) is 11.9 Å². The molecule has 5 nitrogen and oxygen atoms in total. The summed E-state index contributed by atoms with van der Waals surface area (Å²) in [5.74, 6) is 1.33. The minimum absolute atomic E-state index is 0.0621. The molecule has 1 atom stereocenters. The van der Waals surface area contributed by atoms with Gasteiger partial charge in [0.25, 0.3) is 5.91 Å². The van der Waals surface area contributed by atoms with Gasteiger partial charge in [-0.15, -0.1) is 0 Å². The second-order valence-corrected chi connectivity index (χ2v) is 8.84. The SMILES string of the molecule is CN(C)c1c(C(=O)NC2CCOc3ccccc32)cnc2c(C3CCCC3)cccc12. The van der Waals surface area contributed by atoms with Gasteiger partial charge in [0.1, 0.15) is 5.75 Å². The third-order valence-electron chi connectivity index (χ3n) is 6.65. The first-order valence-corrected chi connectivity index (χ1v) is 11.2. The van der Waals surface area contributed by atoms with E-state index in [2.05, 4.69) is 23.5 Å². The summed E-state index contributed by atoms with van der Waals surface area (Å²) in [7, 11) is 4.00. The molecule has 1 aliphatic carbocycles. The highest BCUT2D eigenvalue weighted by Gasteiger charge is 2.26. The molecule has 1 aliphatic heterocycles. The molecule has 0 spiro atoms. The predicted octanol–water partition coefficient (Wildman–Crippen LogP) is 5.21. The standard InChI is InChI=1S/C26H29N3O2/c1-29(2)25-20-12-7-11-18(17-8-3-4-9-17)24(20)27-16-21(25)26(30)28-22-14-15-31-23-13-6-5-10-19(22)23/h5-7,10-13,16-17,22H,3-4,8-9,14-15H2,1-2H3,(H,28,30). The van der Waals surface area contributed by atoms with Crippen LogP contribution in [0.3, 0.4) is 0 Å². The first kappa shape index (κ1) is 19.9. The molecule has 31 heavy (non-hydrogen) atoms. The summed E-state index contributed by atoms with van der Waals surface area (Å²) in [6.45, 7) is 0.600. The molecule has 2 aliphatic rings. The molecule has 0 radical (unpaired) electrons. The van der Waals surface area contributed by atoms with Crippen molar-refractivity contribution >= 4 is 22.5 Å². The van der Waals surface area contributed by atoms with Gasteiger partial charge >= 0.3 is 0 Å². The summed E-state index contributed by atoms with van der Waals surface area (Å²) >= 11 is 0. The minimum atomic E-state index is -0.0916. The van der Waals surface area contributed by atoms with Gasteiger partial charge in [-0.25, -0.2) is 0 Å². The lowest BCUT2D eigenvalue weighted by atomic mass is 9.93. The van der Waals surface area contributed by atoms with Crippen LogP contribution in [0.25, 0.3) is 10.9 Å². The maximum absolute atomic E-state index is 13.4. The van der Waals surface area contributed by atoms with Gasteiger partial charge in [0.15, 0.2) is 0 Å². The van der Waals surface area contributed by atoms with Crippen molar-refractivity contribution in [1.29, 1.82) is 0 Å². The molecule has 2 heterocycles. The summed E-state index contributed by atoms with van der Waals surface area (Å²) in [4.78, 5) is 20.3. The van der Waals surface area contributed by atoms with Gasteiger partial charge in [-0.1, -0.05) is 49.2 Å². The Morgan fingerprint density at radius 2 is 1.81 bits per heavy atom. The predicted molar refractivity (Wildman–Crippen MR) is 124 cm³/mol. The van der Waals surface area contributed by atoms with E-state index >= 15 is 0 Å². The number of aromatic nitrogens is 1. The first-order chi connectivity index (χ1) is 15.1. The largest absolute Gasteiger partial charge is 0.493 e. The molecule has 5 rings (SSSR count). The van der Waals surface area contributed by atoms with Crippen LogP contribution in [0.1, 0.15) is 65.5 Å². The van der Waals surface area contributed by atoms with Gasteiger partial charge < -0.3 is 15.0 Å². The Hall–Kier alpha value is -3.08. The van der Waals surface area contributed by atoms with E-state index in [0.29, 0.717) is 18.1 Å². The van der Waals surface area contributed by atoms with Crippen LogP contribution in [0, 0.1) is 0 Å². The molecule has 2 aromatic carbocycles. The highest BCUT2D eigenvalue weighted by Crippen LogP contribution is 2.39. The first-order valence-electron chi connectivity index (χ1n) is 11.2. The average molecular weight is 416 g/mol. The zero-order chi connectivity index (χ0) is 21.4. The molecule has 1 amide bonds. The maximum Gasteiger partial charge on any atom is 0.255 e. The van der Waals surface area contributed by atoms with Crippen LogP contribution in [0.2, 0.25) is 0 Å². The number of nitrogens with zero attached hydrogens (tertiary/aromatic N) is 2. The fourth-order valence-corrected chi connectivity index (χ4v) is 5.17. The second-order valence-electron chi connectivity index (χ2n) is 8.84. The minimum Gasteiger partial charge on any atom is -0.493 e. The van der Waals surface area contributed by atoms with Gasteiger partial charge in [0.2, 0.25) is 0 Å². The number of ether oxygens (including phenoxy) is 1. The zero-order valence-electron chi connectivity index (χ0n) is 18.2. The fraction of sp³-hybridized carbons (Fsp3) is 0.385. The number of amides is 1. The number of hydrogen-bond donors (Lipinski definition) is 1. The van der Waals surface area contributed by atoms with Crippen molar-refractivity contribution in [2.24, 2.45) is 0 Å². The second kappa shape index (κ2) is 8.22. The number of fused-ring (bicyclic) bond motifs is 2. The van der Waals surface area contributed by atoms with Gasteiger partial charge in [0.05, 0.1) is 29.4 Å². The normalized spacial score (nSPS) is 18.5. The molecular weight excluding hydrogens is 386 g/mol. The van der Waals surface area contributed by atoms with Crippen LogP contribution >= 0.6 is 0 Å². The molecule has 1 aromatic heterocycles. The number of hydrogen-bond acceptors (Lipinski definition) is 4. The number of rotatable bonds is 4. The quantitative estimate of drug-likeness (QED) is 0.635. The van der Waals surface area contributed by atoms with Crippen molar-refractivity contribution in [3.63, 3.8) is 0 Å². The average Bonchev–Trinajstić information content (AvgIpc) is 3.32. The zero-order valence-corrected chi connectivity index (χ0v) is 18.2. The monoisotopic (exact) mass is 415 g/mol. The number of carbonyl (C=O) groups excluding carboxylic acids is 1. The van der Waals surface area contributed by atoms with E-state index in [9.17, 15) is 4.79 Å². The maximum atomic E-state index is 13.4. The summed E-state index contributed by atoms with van der Waals surface area (Å²) in [5.41, 5.74) is 4.94. The van der Waals surface area contributed by atoms with Gasteiger partial charge in [-0.05, 0) is 30.4 Å². The van der Waals surface area contributed by atoms with E-state index in [4.69, 9.17) is 9.72 Å². The molecule has 0 bridgehead atoms. The Morgan fingerprint density at radius 3 is 2.61 bits per heavy atom. The fourth-order valence-electron chi connectivity index (χ4n) is 5.17. The van der Waals surface area contributed by atoms with Crippen molar-refractivity contribution in [3.05, 3.63) is 65.4 Å². The van der Waals surface area contributed by atoms with Crippen LogP contribution in [-0.4, -0.2) is 31.6 Å². The van der Waals surface area contributed by atoms with Crippen molar-refractivity contribution in [3.8, 4) is 5.75 Å². The van der Waals surface area contributed by atoms with E-state index in [0.717, 1.165) is 34.3 Å². The number of nitrogens with one attached hydrogen (secondary N) is 1. The number of carbonyl (C=O) groups is 1. The van der Waals surface area contributed by atoms with Gasteiger partial charge in [-0.2, -0.15) is 0 Å². The molecule has 1 fully saturated rings. The van der Waals surface area contributed by atoms with Crippen molar-refractivity contribution in [2.75, 3.05) is 25.6 Å². The molecule has 1 N–H and O–H groups in total. The number of pyridine rings is 1. The smallest absolute Gasteiger partial charge is 0.255 e. The Labute approximate surface area is 183 Å². The number of benzene rings is 2. The highest BCUT2D eigenvalue weighted by atomic mass is 16.5. The summed E-state index contributed by atoms with van der Waals surface area (Å²) in [6.07, 6.45) is 7.54. The lowest BCUT2D eigenvalue weighted by Crippen LogP contribution is -2.33. The van der Waals surface area contributed by atoms with Crippen molar-refractivity contribution < 1.29 is 9.53 Å². The molecule has 160 valence electrons. The van der Waals surface area contributed by atoms with Crippen LogP contribution in [0.4, 0.5) is 5.69 Å². The highest BCUT2D eigenvalue weighted by molar-refractivity contribution is 6.08. The van der Waals surface area contributed by atoms with Gasteiger partial charge in [0, 0.05) is 37.7 Å². The molecule has 1 saturated carbocycles. The van der Waals surface area contributed by atoms with E-state index in [1.807, 2.05) is 43.3 Å². The topological polar surface area (TPSA) is 54.5 Å².